The fourth-order valence-electron chi connectivity index (χ4n) is 0.854. The Kier molecular flexibility index (Phi) is 4.07. The zero-order chi connectivity index (χ0) is 10.4. The van der Waals surface area contributed by atoms with Gasteiger partial charge in [-0.1, -0.05) is 6.08 Å². The minimum Gasteiger partial charge on any atom is -0.489 e. The molecule has 0 radical (unpaired) electrons. The minimum atomic E-state index is -0.936. The molecule has 0 saturated heterocycles. The summed E-state index contributed by atoms with van der Waals surface area (Å²) < 4.78 is 30.1. The van der Waals surface area contributed by atoms with Crippen molar-refractivity contribution < 1.29 is 18.6 Å². The molecule has 0 aliphatic rings. The van der Waals surface area contributed by atoms with Crippen LogP contribution in [0.25, 0.3) is 0 Å². The Hall–Kier alpha value is -1.42. The lowest BCUT2D eigenvalue weighted by atomic mass is 10.3. The van der Waals surface area contributed by atoms with Gasteiger partial charge in [0.25, 0.3) is 0 Å². The molecule has 0 spiro atoms. The molecule has 76 valence electrons. The van der Waals surface area contributed by atoms with Gasteiger partial charge in [-0.2, -0.15) is 0 Å². The lowest BCUT2D eigenvalue weighted by molar-refractivity contribution is 0.335. The molecule has 0 heterocycles. The summed E-state index contributed by atoms with van der Waals surface area (Å²) in [6.07, 6.45) is 3.08. The van der Waals surface area contributed by atoms with Crippen LogP contribution >= 0.6 is 0 Å². The third-order valence-corrected chi connectivity index (χ3v) is 1.51. The number of benzene rings is 1. The number of hydrogen-bond donors (Lipinski definition) is 1. The SMILES string of the molecule is OC/C=C/COc1ccc(F)c(F)c1. The van der Waals surface area contributed by atoms with Gasteiger partial charge in [0.05, 0.1) is 6.61 Å². The molecule has 1 aromatic rings. The van der Waals surface area contributed by atoms with E-state index in [2.05, 4.69) is 0 Å². The number of aliphatic hydroxyl groups excluding tert-OH is 1. The Bertz CT molecular complexity index is 324. The van der Waals surface area contributed by atoms with Gasteiger partial charge in [-0.05, 0) is 18.2 Å². The molecule has 2 nitrogen and oxygen atoms in total. The Morgan fingerprint density at radius 2 is 2.00 bits per heavy atom. The van der Waals surface area contributed by atoms with E-state index in [1.807, 2.05) is 0 Å². The number of rotatable bonds is 4. The van der Waals surface area contributed by atoms with Crippen LogP contribution < -0.4 is 4.74 Å². The molecule has 14 heavy (non-hydrogen) atoms. The molecule has 4 heteroatoms. The Labute approximate surface area is 80.4 Å². The Morgan fingerprint density at radius 1 is 1.21 bits per heavy atom. The highest BCUT2D eigenvalue weighted by Gasteiger charge is 2.01. The summed E-state index contributed by atoms with van der Waals surface area (Å²) in [4.78, 5) is 0. The van der Waals surface area contributed by atoms with Gasteiger partial charge in [-0.3, -0.25) is 0 Å². The quantitative estimate of drug-likeness (QED) is 0.752. The summed E-state index contributed by atoms with van der Waals surface area (Å²) in [6.45, 7) is 0.146. The maximum absolute atomic E-state index is 12.6. The second-order valence-electron chi connectivity index (χ2n) is 2.54. The van der Waals surface area contributed by atoms with Gasteiger partial charge in [-0.25, -0.2) is 8.78 Å². The Balaban J connectivity index is 2.51. The van der Waals surface area contributed by atoms with E-state index in [0.29, 0.717) is 0 Å². The van der Waals surface area contributed by atoms with Crippen LogP contribution in [-0.2, 0) is 0 Å². The van der Waals surface area contributed by atoms with Crippen LogP contribution in [0.2, 0.25) is 0 Å². The number of aliphatic hydroxyl groups is 1. The first-order chi connectivity index (χ1) is 6.74. The van der Waals surface area contributed by atoms with E-state index in [9.17, 15) is 8.78 Å². The van der Waals surface area contributed by atoms with Gasteiger partial charge in [-0.15, -0.1) is 0 Å². The third-order valence-electron chi connectivity index (χ3n) is 1.51. The number of hydrogen-bond acceptors (Lipinski definition) is 2. The zero-order valence-corrected chi connectivity index (χ0v) is 7.41. The average Bonchev–Trinajstić information content (AvgIpc) is 2.18. The highest BCUT2D eigenvalue weighted by atomic mass is 19.2. The van der Waals surface area contributed by atoms with Gasteiger partial charge in [0.15, 0.2) is 11.6 Å². The molecule has 0 saturated carbocycles. The van der Waals surface area contributed by atoms with Crippen LogP contribution in [0.15, 0.2) is 30.4 Å². The first-order valence-corrected chi connectivity index (χ1v) is 4.07. The van der Waals surface area contributed by atoms with Gasteiger partial charge in [0.2, 0.25) is 0 Å². The first-order valence-electron chi connectivity index (χ1n) is 4.07. The van der Waals surface area contributed by atoms with Gasteiger partial charge in [0.1, 0.15) is 12.4 Å². The van der Waals surface area contributed by atoms with E-state index in [0.717, 1.165) is 12.1 Å². The second-order valence-corrected chi connectivity index (χ2v) is 2.54. The second kappa shape index (κ2) is 5.34. The number of ether oxygens (including phenoxy) is 1. The lowest BCUT2D eigenvalue weighted by Gasteiger charge is -2.02. The predicted molar refractivity (Wildman–Crippen MR) is 48.1 cm³/mol. The molecule has 1 N–H and O–H groups in total. The molecule has 0 fully saturated rings. The standard InChI is InChI=1S/C10H10F2O2/c11-9-4-3-8(7-10(9)12)14-6-2-1-5-13/h1-4,7,13H,5-6H2/b2-1+. The predicted octanol–water partition coefficient (Wildman–Crippen LogP) is 1.89. The molecular formula is C10H10F2O2. The van der Waals surface area contributed by atoms with Crippen molar-refractivity contribution in [1.29, 1.82) is 0 Å². The molecule has 0 bridgehead atoms. The van der Waals surface area contributed by atoms with Crippen molar-refractivity contribution in [2.24, 2.45) is 0 Å². The van der Waals surface area contributed by atoms with Gasteiger partial charge >= 0.3 is 0 Å². The van der Waals surface area contributed by atoms with Crippen molar-refractivity contribution in [2.45, 2.75) is 0 Å². The van der Waals surface area contributed by atoms with Crippen LogP contribution in [0.1, 0.15) is 0 Å². The van der Waals surface area contributed by atoms with Crippen LogP contribution in [0.3, 0.4) is 0 Å². The summed E-state index contributed by atoms with van der Waals surface area (Å²) in [5.41, 5.74) is 0. The van der Waals surface area contributed by atoms with E-state index >= 15 is 0 Å². The summed E-state index contributed by atoms with van der Waals surface area (Å²) in [7, 11) is 0. The summed E-state index contributed by atoms with van der Waals surface area (Å²) in [5.74, 6) is -1.58. The molecule has 0 amide bonds. The van der Waals surface area contributed by atoms with Crippen molar-refractivity contribution in [3.05, 3.63) is 42.0 Å². The van der Waals surface area contributed by atoms with E-state index in [4.69, 9.17) is 9.84 Å². The van der Waals surface area contributed by atoms with Crippen LogP contribution in [0, 0.1) is 11.6 Å². The topological polar surface area (TPSA) is 29.5 Å². The maximum Gasteiger partial charge on any atom is 0.162 e. The summed E-state index contributed by atoms with van der Waals surface area (Å²) in [6, 6.07) is 3.31. The van der Waals surface area contributed by atoms with E-state index in [1.165, 1.54) is 12.1 Å². The van der Waals surface area contributed by atoms with E-state index in [-0.39, 0.29) is 19.0 Å². The average molecular weight is 200 g/mol. The molecule has 0 aromatic heterocycles. The van der Waals surface area contributed by atoms with Gasteiger partial charge in [0, 0.05) is 6.07 Å². The molecule has 1 rings (SSSR count). The van der Waals surface area contributed by atoms with E-state index in [1.54, 1.807) is 6.08 Å². The fourth-order valence-corrected chi connectivity index (χ4v) is 0.854. The smallest absolute Gasteiger partial charge is 0.162 e. The number of halogens is 2. The lowest BCUT2D eigenvalue weighted by Crippen LogP contribution is -1.95. The summed E-state index contributed by atoms with van der Waals surface area (Å²) in [5, 5.41) is 8.39. The van der Waals surface area contributed by atoms with Crippen molar-refractivity contribution in [3.8, 4) is 5.75 Å². The van der Waals surface area contributed by atoms with Crippen LogP contribution in [0.5, 0.6) is 5.75 Å². The monoisotopic (exact) mass is 200 g/mol. The minimum absolute atomic E-state index is 0.0683. The molecule has 1 aromatic carbocycles. The van der Waals surface area contributed by atoms with Crippen molar-refractivity contribution >= 4 is 0 Å². The van der Waals surface area contributed by atoms with Crippen molar-refractivity contribution in [2.75, 3.05) is 13.2 Å². The maximum atomic E-state index is 12.6. The fraction of sp³-hybridized carbons (Fsp3) is 0.200. The molecule has 0 atom stereocenters. The third kappa shape index (κ3) is 3.14. The normalized spacial score (nSPS) is 10.8. The molecule has 0 aliphatic heterocycles. The first kappa shape index (κ1) is 10.7. The summed E-state index contributed by atoms with van der Waals surface area (Å²) >= 11 is 0. The van der Waals surface area contributed by atoms with E-state index < -0.39 is 11.6 Å². The molecule has 0 aliphatic carbocycles. The Morgan fingerprint density at radius 3 is 2.64 bits per heavy atom. The molecular weight excluding hydrogens is 190 g/mol. The largest absolute Gasteiger partial charge is 0.489 e. The van der Waals surface area contributed by atoms with Gasteiger partial charge < -0.3 is 9.84 Å². The van der Waals surface area contributed by atoms with Crippen molar-refractivity contribution in [3.63, 3.8) is 0 Å². The highest BCUT2D eigenvalue weighted by Crippen LogP contribution is 2.15. The molecule has 0 unspecified atom stereocenters. The van der Waals surface area contributed by atoms with Crippen LogP contribution in [0.4, 0.5) is 8.78 Å². The van der Waals surface area contributed by atoms with Crippen molar-refractivity contribution in [1.82, 2.24) is 0 Å². The van der Waals surface area contributed by atoms with Crippen LogP contribution in [-0.4, -0.2) is 18.3 Å². The highest BCUT2D eigenvalue weighted by molar-refractivity contribution is 5.23. The zero-order valence-electron chi connectivity index (χ0n) is 7.41.